The summed E-state index contributed by atoms with van der Waals surface area (Å²) in [7, 11) is 0. The van der Waals surface area contributed by atoms with Crippen molar-refractivity contribution in [1.29, 1.82) is 0 Å². The van der Waals surface area contributed by atoms with E-state index in [2.05, 4.69) is 6.92 Å². The first kappa shape index (κ1) is 17.7. The molecule has 0 bridgehead atoms. The highest BCUT2D eigenvalue weighted by molar-refractivity contribution is 5.85. The molecule has 0 radical (unpaired) electrons. The van der Waals surface area contributed by atoms with Crippen LogP contribution in [-0.4, -0.2) is 43.2 Å². The number of nitrogens with zero attached hydrogens (tertiary/aromatic N) is 1. The molecule has 1 aliphatic rings. The molecule has 4 nitrogen and oxygen atoms in total. The van der Waals surface area contributed by atoms with E-state index in [-0.39, 0.29) is 24.4 Å². The first-order chi connectivity index (χ1) is 8.19. The summed E-state index contributed by atoms with van der Waals surface area (Å²) in [6.07, 6.45) is 3.98. The first-order valence-corrected chi connectivity index (χ1v) is 6.81. The highest BCUT2D eigenvalue weighted by atomic mass is 35.5. The third-order valence-corrected chi connectivity index (χ3v) is 3.31. The minimum Gasteiger partial charge on any atom is -0.381 e. The van der Waals surface area contributed by atoms with Crippen molar-refractivity contribution in [2.45, 2.75) is 45.6 Å². The number of nitrogens with two attached hydrogens (primary N) is 1. The van der Waals surface area contributed by atoms with Gasteiger partial charge in [-0.1, -0.05) is 13.3 Å². The van der Waals surface area contributed by atoms with E-state index in [9.17, 15) is 4.79 Å². The average molecular weight is 279 g/mol. The van der Waals surface area contributed by atoms with Crippen molar-refractivity contribution in [3.05, 3.63) is 0 Å². The van der Waals surface area contributed by atoms with Crippen LogP contribution in [0.5, 0.6) is 0 Å². The Morgan fingerprint density at radius 3 is 2.83 bits per heavy atom. The van der Waals surface area contributed by atoms with Crippen molar-refractivity contribution >= 4 is 18.3 Å². The number of amides is 1. The van der Waals surface area contributed by atoms with E-state index in [4.69, 9.17) is 10.5 Å². The molecule has 2 N–H and O–H groups in total. The van der Waals surface area contributed by atoms with Gasteiger partial charge in [-0.15, -0.1) is 12.4 Å². The Morgan fingerprint density at radius 1 is 1.50 bits per heavy atom. The van der Waals surface area contributed by atoms with Gasteiger partial charge < -0.3 is 15.4 Å². The number of ether oxygens (including phenoxy) is 1. The second-order valence-corrected chi connectivity index (χ2v) is 4.85. The topological polar surface area (TPSA) is 55.6 Å². The first-order valence-electron chi connectivity index (χ1n) is 6.81. The molecular formula is C13H27ClN2O2. The number of hydrogen-bond acceptors (Lipinski definition) is 3. The van der Waals surface area contributed by atoms with Gasteiger partial charge >= 0.3 is 0 Å². The number of likely N-dealkylation sites (tertiary alicyclic amines) is 1. The summed E-state index contributed by atoms with van der Waals surface area (Å²) in [4.78, 5) is 14.0. The predicted molar refractivity (Wildman–Crippen MR) is 75.9 cm³/mol. The molecule has 18 heavy (non-hydrogen) atoms. The van der Waals surface area contributed by atoms with Gasteiger partial charge in [0.25, 0.3) is 0 Å². The van der Waals surface area contributed by atoms with Crippen LogP contribution in [0, 0.1) is 5.92 Å². The number of carbonyl (C=O) groups is 1. The lowest BCUT2D eigenvalue weighted by atomic mass is 9.98. The van der Waals surface area contributed by atoms with Crippen LogP contribution in [0.15, 0.2) is 0 Å². The fourth-order valence-electron chi connectivity index (χ4n) is 2.35. The van der Waals surface area contributed by atoms with E-state index >= 15 is 0 Å². The van der Waals surface area contributed by atoms with Gasteiger partial charge in [0.1, 0.15) is 0 Å². The van der Waals surface area contributed by atoms with Gasteiger partial charge in [-0.2, -0.15) is 0 Å². The number of rotatable bonds is 6. The zero-order valence-corrected chi connectivity index (χ0v) is 12.4. The van der Waals surface area contributed by atoms with Gasteiger partial charge in [-0.25, -0.2) is 0 Å². The maximum absolute atomic E-state index is 12.1. The summed E-state index contributed by atoms with van der Waals surface area (Å²) in [5.41, 5.74) is 5.88. The fraction of sp³-hybridized carbons (Fsp3) is 0.923. The van der Waals surface area contributed by atoms with Crippen LogP contribution in [0.1, 0.15) is 39.5 Å². The van der Waals surface area contributed by atoms with Crippen molar-refractivity contribution < 1.29 is 9.53 Å². The summed E-state index contributed by atoms with van der Waals surface area (Å²) in [6, 6.07) is -0.314. The van der Waals surface area contributed by atoms with Crippen LogP contribution >= 0.6 is 12.4 Å². The SMILES string of the molecule is CCCC(N)C(=O)N1CCCC(COCC)C1.Cl. The van der Waals surface area contributed by atoms with Crippen LogP contribution in [0.4, 0.5) is 0 Å². The second-order valence-electron chi connectivity index (χ2n) is 4.85. The third kappa shape index (κ3) is 5.55. The van der Waals surface area contributed by atoms with Gasteiger partial charge in [0.05, 0.1) is 12.6 Å². The largest absolute Gasteiger partial charge is 0.381 e. The number of halogens is 1. The van der Waals surface area contributed by atoms with Crippen molar-refractivity contribution in [2.75, 3.05) is 26.3 Å². The predicted octanol–water partition coefficient (Wildman–Crippen LogP) is 1.81. The van der Waals surface area contributed by atoms with Gasteiger partial charge in [-0.3, -0.25) is 4.79 Å². The molecular weight excluding hydrogens is 252 g/mol. The molecule has 1 fully saturated rings. The normalized spacial score (nSPS) is 21.3. The molecule has 108 valence electrons. The van der Waals surface area contributed by atoms with Gasteiger partial charge in [-0.05, 0) is 32.1 Å². The maximum atomic E-state index is 12.1. The van der Waals surface area contributed by atoms with Crippen LogP contribution in [0.3, 0.4) is 0 Å². The molecule has 1 amide bonds. The van der Waals surface area contributed by atoms with E-state index in [0.717, 1.165) is 52.0 Å². The highest BCUT2D eigenvalue weighted by Crippen LogP contribution is 2.17. The Labute approximate surface area is 117 Å². The van der Waals surface area contributed by atoms with Crippen molar-refractivity contribution in [3.63, 3.8) is 0 Å². The Morgan fingerprint density at radius 2 is 2.22 bits per heavy atom. The average Bonchev–Trinajstić information content (AvgIpc) is 2.36. The summed E-state index contributed by atoms with van der Waals surface area (Å²) in [5.74, 6) is 0.606. The molecule has 2 atom stereocenters. The Hall–Kier alpha value is -0.320. The van der Waals surface area contributed by atoms with Gasteiger partial charge in [0.15, 0.2) is 0 Å². The Balaban J connectivity index is 0.00000289. The van der Waals surface area contributed by atoms with Crippen molar-refractivity contribution in [3.8, 4) is 0 Å². The molecule has 0 aromatic carbocycles. The maximum Gasteiger partial charge on any atom is 0.239 e. The molecule has 0 spiro atoms. The van der Waals surface area contributed by atoms with Crippen LogP contribution < -0.4 is 5.73 Å². The van der Waals surface area contributed by atoms with E-state index < -0.39 is 0 Å². The van der Waals surface area contributed by atoms with E-state index in [1.165, 1.54) is 0 Å². The van der Waals surface area contributed by atoms with Crippen LogP contribution in [0.25, 0.3) is 0 Å². The molecule has 1 aliphatic heterocycles. The molecule has 5 heteroatoms. The van der Waals surface area contributed by atoms with Crippen LogP contribution in [0.2, 0.25) is 0 Å². The lowest BCUT2D eigenvalue weighted by Gasteiger charge is -2.34. The molecule has 1 heterocycles. The number of piperidine rings is 1. The van der Waals surface area contributed by atoms with Crippen molar-refractivity contribution in [1.82, 2.24) is 4.90 Å². The number of hydrogen-bond donors (Lipinski definition) is 1. The van der Waals surface area contributed by atoms with E-state index in [1.54, 1.807) is 0 Å². The van der Waals surface area contributed by atoms with E-state index in [0.29, 0.717) is 5.92 Å². The molecule has 1 saturated heterocycles. The molecule has 0 saturated carbocycles. The zero-order valence-electron chi connectivity index (χ0n) is 11.6. The summed E-state index contributed by atoms with van der Waals surface area (Å²) in [6.45, 7) is 7.25. The summed E-state index contributed by atoms with van der Waals surface area (Å²) < 4.78 is 5.44. The smallest absolute Gasteiger partial charge is 0.239 e. The minimum absolute atomic E-state index is 0. The molecule has 0 aromatic heterocycles. The molecule has 2 unspecified atom stereocenters. The van der Waals surface area contributed by atoms with Gasteiger partial charge in [0, 0.05) is 19.7 Å². The quantitative estimate of drug-likeness (QED) is 0.806. The Kier molecular flexibility index (Phi) is 9.42. The molecule has 0 aliphatic carbocycles. The summed E-state index contributed by atoms with van der Waals surface area (Å²) in [5, 5.41) is 0. The van der Waals surface area contributed by atoms with Crippen LogP contribution in [-0.2, 0) is 9.53 Å². The fourth-order valence-corrected chi connectivity index (χ4v) is 2.35. The number of carbonyl (C=O) groups excluding carboxylic acids is 1. The minimum atomic E-state index is -0.314. The van der Waals surface area contributed by atoms with E-state index in [1.807, 2.05) is 11.8 Å². The molecule has 1 rings (SSSR count). The lowest BCUT2D eigenvalue weighted by Crippen LogP contribution is -2.48. The lowest BCUT2D eigenvalue weighted by molar-refractivity contribution is -0.135. The second kappa shape index (κ2) is 9.59. The monoisotopic (exact) mass is 278 g/mol. The highest BCUT2D eigenvalue weighted by Gasteiger charge is 2.26. The van der Waals surface area contributed by atoms with Crippen molar-refractivity contribution in [2.24, 2.45) is 11.7 Å². The van der Waals surface area contributed by atoms with Gasteiger partial charge in [0.2, 0.25) is 5.91 Å². The standard InChI is InChI=1S/C13H26N2O2.ClH/c1-3-6-12(14)13(16)15-8-5-7-11(9-15)10-17-4-2;/h11-12H,3-10,14H2,1-2H3;1H. The summed E-state index contributed by atoms with van der Waals surface area (Å²) >= 11 is 0. The zero-order chi connectivity index (χ0) is 12.7. The third-order valence-electron chi connectivity index (χ3n) is 3.31. The molecule has 0 aromatic rings. The Bertz CT molecular complexity index is 239.